The molecule has 0 radical (unpaired) electrons. The normalized spacial score (nSPS) is 22.5. The molecule has 28 heavy (non-hydrogen) atoms. The van der Waals surface area contributed by atoms with E-state index >= 15 is 0 Å². The van der Waals surface area contributed by atoms with Gasteiger partial charge in [0.05, 0.1) is 36.7 Å². The van der Waals surface area contributed by atoms with E-state index in [2.05, 4.69) is 9.88 Å². The molecule has 7 nitrogen and oxygen atoms in total. The Morgan fingerprint density at radius 2 is 1.93 bits per heavy atom. The summed E-state index contributed by atoms with van der Waals surface area (Å²) in [4.78, 5) is 24.9. The molecule has 4 heterocycles. The fourth-order valence-electron chi connectivity index (χ4n) is 4.21. The highest BCUT2D eigenvalue weighted by Crippen LogP contribution is 2.28. The van der Waals surface area contributed by atoms with Crippen LogP contribution in [-0.4, -0.2) is 69.0 Å². The van der Waals surface area contributed by atoms with Gasteiger partial charge < -0.3 is 9.64 Å². The monoisotopic (exact) mass is 397 g/mol. The number of aromatic nitrogens is 3. The van der Waals surface area contributed by atoms with Crippen molar-refractivity contribution >= 4 is 23.8 Å². The van der Waals surface area contributed by atoms with Crippen molar-refractivity contribution in [3.63, 3.8) is 0 Å². The topological polar surface area (TPSA) is 63.0 Å². The molecule has 0 spiro atoms. The SMILES string of the molecule is O=CN1C2COCC1CN(Cc1c(-c3ccc(Cl)cc3)nc3ncccn13)C2. The number of imidazole rings is 1. The fraction of sp³-hybridized carbons (Fsp3) is 0.350. The molecule has 2 unspecified atom stereocenters. The molecule has 2 aromatic heterocycles. The Bertz CT molecular complexity index is 992. The lowest BCUT2D eigenvalue weighted by atomic mass is 10.0. The predicted molar refractivity (Wildman–Crippen MR) is 105 cm³/mol. The Morgan fingerprint density at radius 1 is 1.18 bits per heavy atom. The first-order valence-corrected chi connectivity index (χ1v) is 9.71. The van der Waals surface area contributed by atoms with Crippen LogP contribution < -0.4 is 0 Å². The minimum absolute atomic E-state index is 0.0984. The van der Waals surface area contributed by atoms with Gasteiger partial charge in [0.2, 0.25) is 12.2 Å². The van der Waals surface area contributed by atoms with Crippen molar-refractivity contribution in [1.29, 1.82) is 0 Å². The minimum Gasteiger partial charge on any atom is -0.377 e. The van der Waals surface area contributed by atoms with Crippen molar-refractivity contribution in [2.45, 2.75) is 18.6 Å². The van der Waals surface area contributed by atoms with E-state index in [4.69, 9.17) is 21.3 Å². The summed E-state index contributed by atoms with van der Waals surface area (Å²) < 4.78 is 7.70. The van der Waals surface area contributed by atoms with E-state index in [1.807, 2.05) is 45.8 Å². The predicted octanol–water partition coefficient (Wildman–Crippen LogP) is 2.09. The smallest absolute Gasteiger partial charge is 0.234 e. The van der Waals surface area contributed by atoms with Crippen LogP contribution >= 0.6 is 11.6 Å². The second kappa shape index (κ2) is 7.16. The zero-order valence-electron chi connectivity index (χ0n) is 15.2. The molecule has 5 rings (SSSR count). The quantitative estimate of drug-likeness (QED) is 0.631. The number of hydrogen-bond donors (Lipinski definition) is 0. The zero-order valence-corrected chi connectivity index (χ0v) is 16.0. The molecule has 2 fully saturated rings. The van der Waals surface area contributed by atoms with Gasteiger partial charge in [0.1, 0.15) is 0 Å². The zero-order chi connectivity index (χ0) is 19.1. The van der Waals surface area contributed by atoms with Crippen LogP contribution in [0.5, 0.6) is 0 Å². The van der Waals surface area contributed by atoms with E-state index in [0.29, 0.717) is 24.0 Å². The molecule has 2 aliphatic heterocycles. The van der Waals surface area contributed by atoms with E-state index < -0.39 is 0 Å². The summed E-state index contributed by atoms with van der Waals surface area (Å²) in [6.45, 7) is 3.46. The molecule has 2 bridgehead atoms. The number of fused-ring (bicyclic) bond motifs is 3. The van der Waals surface area contributed by atoms with Crippen LogP contribution in [0.1, 0.15) is 5.69 Å². The van der Waals surface area contributed by atoms with E-state index in [-0.39, 0.29) is 12.1 Å². The molecule has 144 valence electrons. The first-order valence-electron chi connectivity index (χ1n) is 9.33. The van der Waals surface area contributed by atoms with Crippen molar-refractivity contribution in [3.8, 4) is 11.3 Å². The number of ether oxygens (including phenoxy) is 1. The minimum atomic E-state index is 0.0984. The van der Waals surface area contributed by atoms with Gasteiger partial charge in [-0.3, -0.25) is 14.1 Å². The maximum Gasteiger partial charge on any atom is 0.234 e. The van der Waals surface area contributed by atoms with Crippen molar-refractivity contribution in [1.82, 2.24) is 24.2 Å². The number of halogens is 1. The highest BCUT2D eigenvalue weighted by molar-refractivity contribution is 6.30. The Morgan fingerprint density at radius 3 is 2.64 bits per heavy atom. The third-order valence-corrected chi connectivity index (χ3v) is 5.77. The van der Waals surface area contributed by atoms with Crippen LogP contribution in [-0.2, 0) is 16.1 Å². The fourth-order valence-corrected chi connectivity index (χ4v) is 4.34. The Hall–Kier alpha value is -2.48. The first-order chi connectivity index (χ1) is 13.7. The number of carbonyl (C=O) groups is 1. The Balaban J connectivity index is 1.51. The van der Waals surface area contributed by atoms with E-state index in [1.54, 1.807) is 6.20 Å². The van der Waals surface area contributed by atoms with Crippen molar-refractivity contribution in [3.05, 3.63) is 53.4 Å². The molecule has 3 aromatic rings. The second-order valence-corrected chi connectivity index (χ2v) is 7.73. The van der Waals surface area contributed by atoms with E-state index in [0.717, 1.165) is 43.0 Å². The lowest BCUT2D eigenvalue weighted by Gasteiger charge is -2.48. The second-order valence-electron chi connectivity index (χ2n) is 7.30. The van der Waals surface area contributed by atoms with Gasteiger partial charge in [-0.2, -0.15) is 0 Å². The standard InChI is InChI=1S/C20H20ClN5O2/c21-15-4-2-14(3-5-15)19-18(25-7-1-6-22-20(25)23-19)10-24-8-16-11-28-12-17(9-24)26(16)13-27/h1-7,13,16-17H,8-12H2. The third-order valence-electron chi connectivity index (χ3n) is 5.52. The van der Waals surface area contributed by atoms with Crippen LogP contribution in [0.25, 0.3) is 17.0 Å². The average molecular weight is 398 g/mol. The van der Waals surface area contributed by atoms with Crippen LogP contribution in [0.2, 0.25) is 5.02 Å². The number of hydrogen-bond acceptors (Lipinski definition) is 5. The van der Waals surface area contributed by atoms with Crippen molar-refractivity contribution < 1.29 is 9.53 Å². The lowest BCUT2D eigenvalue weighted by molar-refractivity contribution is -0.142. The van der Waals surface area contributed by atoms with Gasteiger partial charge in [-0.1, -0.05) is 23.7 Å². The number of piperazine rings is 1. The van der Waals surface area contributed by atoms with Gasteiger partial charge in [-0.25, -0.2) is 9.97 Å². The van der Waals surface area contributed by atoms with Crippen molar-refractivity contribution in [2.75, 3.05) is 26.3 Å². The highest BCUT2D eigenvalue weighted by atomic mass is 35.5. The molecule has 2 atom stereocenters. The summed E-state index contributed by atoms with van der Waals surface area (Å²) in [7, 11) is 0. The maximum atomic E-state index is 11.5. The first kappa shape index (κ1) is 17.6. The molecular weight excluding hydrogens is 378 g/mol. The summed E-state index contributed by atoms with van der Waals surface area (Å²) >= 11 is 6.06. The average Bonchev–Trinajstić information content (AvgIpc) is 3.06. The van der Waals surface area contributed by atoms with Crippen molar-refractivity contribution in [2.24, 2.45) is 0 Å². The Labute approximate surface area is 167 Å². The number of carbonyl (C=O) groups excluding carboxylic acids is 1. The van der Waals surface area contributed by atoms with Gasteiger partial charge in [-0.05, 0) is 18.2 Å². The van der Waals surface area contributed by atoms with Crippen LogP contribution in [0.15, 0.2) is 42.7 Å². The lowest BCUT2D eigenvalue weighted by Crippen LogP contribution is -2.63. The van der Waals surface area contributed by atoms with E-state index in [9.17, 15) is 4.79 Å². The molecule has 0 saturated carbocycles. The number of morpholine rings is 1. The Kier molecular flexibility index (Phi) is 4.50. The summed E-state index contributed by atoms with van der Waals surface area (Å²) in [5.74, 6) is 0.678. The largest absolute Gasteiger partial charge is 0.377 e. The molecule has 1 aromatic carbocycles. The van der Waals surface area contributed by atoms with Gasteiger partial charge in [0, 0.05) is 42.6 Å². The van der Waals surface area contributed by atoms with Gasteiger partial charge >= 0.3 is 0 Å². The third kappa shape index (κ3) is 3.05. The number of rotatable bonds is 4. The number of benzene rings is 1. The summed E-state index contributed by atoms with van der Waals surface area (Å²) in [5.41, 5.74) is 3.01. The molecule has 0 N–H and O–H groups in total. The molecule has 1 amide bonds. The summed E-state index contributed by atoms with van der Waals surface area (Å²) in [5, 5.41) is 0.699. The summed E-state index contributed by atoms with van der Waals surface area (Å²) in [6.07, 6.45) is 4.71. The van der Waals surface area contributed by atoms with Gasteiger partial charge in [0.25, 0.3) is 0 Å². The maximum absolute atomic E-state index is 11.5. The van der Waals surface area contributed by atoms with Gasteiger partial charge in [-0.15, -0.1) is 0 Å². The molecule has 8 heteroatoms. The summed E-state index contributed by atoms with van der Waals surface area (Å²) in [6, 6.07) is 9.84. The van der Waals surface area contributed by atoms with Crippen LogP contribution in [0.4, 0.5) is 0 Å². The van der Waals surface area contributed by atoms with Crippen LogP contribution in [0.3, 0.4) is 0 Å². The number of nitrogens with zero attached hydrogens (tertiary/aromatic N) is 5. The molecule has 2 aliphatic rings. The molecule has 0 aliphatic carbocycles. The number of amides is 1. The highest BCUT2D eigenvalue weighted by Gasteiger charge is 2.37. The molecule has 2 saturated heterocycles. The van der Waals surface area contributed by atoms with E-state index in [1.165, 1.54) is 0 Å². The molecular formula is C20H20ClN5O2. The van der Waals surface area contributed by atoms with Crippen LogP contribution in [0, 0.1) is 0 Å². The van der Waals surface area contributed by atoms with Gasteiger partial charge in [0.15, 0.2) is 0 Å².